The molecule has 4 unspecified atom stereocenters. The third kappa shape index (κ3) is 69.0. The SMILES string of the molecule is CO.CO.NC1N=CC=C[N-]1.NC1[N-]CCCN1.NC1[N-]CCCN1.NC1[N-]CCCN1.[Cu+2].[Cu+2].[O-][Cl+3]([O-])([O-])O.[O-][Cl+3]([O-])([O-])O. The molecule has 44 heavy (non-hydrogen) atoms. The van der Waals surface area contributed by atoms with Gasteiger partial charge in [0.05, 0.1) is 29.8 Å². The molecule has 4 rings (SSSR count). The summed E-state index contributed by atoms with van der Waals surface area (Å²) in [5.41, 5.74) is 21.3. The van der Waals surface area contributed by atoms with E-state index < -0.39 is 20.5 Å². The van der Waals surface area contributed by atoms with Gasteiger partial charge in [-0.25, -0.2) is 0 Å². The summed E-state index contributed by atoms with van der Waals surface area (Å²) in [6.07, 6.45) is 7.79. The summed E-state index contributed by atoms with van der Waals surface area (Å²) in [5.74, 6) is 0. The van der Waals surface area contributed by atoms with E-state index in [1.807, 2.05) is 0 Å². The standard InChI is InChI=1S/3C4H10N3.C4H6N3.2CH4O.2ClHO4.2Cu/c4*5-4-6-2-1-3-7-4;2*1-2;2*2-1(3,4)5;;/h3*4,6H,1-3,5H2;1-4H,5H2;2*2H,1H3;2*(H,2,3,4,5);;/q4*-1;;;;;2*+2. The predicted molar refractivity (Wildman–Crippen MR) is 136 cm³/mol. The van der Waals surface area contributed by atoms with Crippen molar-refractivity contribution in [1.82, 2.24) is 16.0 Å². The molecule has 15 N–H and O–H groups in total. The number of nitrogens with two attached hydrogens (primary N) is 4. The second-order valence-electron chi connectivity index (χ2n) is 6.97. The minimum atomic E-state index is -4.69. The molecule has 4 heterocycles. The van der Waals surface area contributed by atoms with Crippen LogP contribution in [0.3, 0.4) is 0 Å². The Kier molecular flexibility index (Phi) is 50.2. The minimum Gasteiger partial charge on any atom is -0.658 e. The quantitative estimate of drug-likeness (QED) is 0.102. The monoisotopic (exact) mass is 786 g/mol. The van der Waals surface area contributed by atoms with Crippen molar-refractivity contribution >= 4 is 6.21 Å². The van der Waals surface area contributed by atoms with Gasteiger partial charge in [0, 0.05) is 26.7 Å². The van der Waals surface area contributed by atoms with E-state index in [1.54, 1.807) is 18.5 Å². The molecular formula is C18H46Cl2Cu2N12O10. The molecule has 4 atom stereocenters. The van der Waals surface area contributed by atoms with Gasteiger partial charge in [-0.2, -0.15) is 34.2 Å². The van der Waals surface area contributed by atoms with Gasteiger partial charge in [-0.3, -0.25) is 4.99 Å². The van der Waals surface area contributed by atoms with Crippen LogP contribution in [-0.4, -0.2) is 104 Å². The Bertz CT molecular complexity index is 542. The molecule has 0 aromatic rings. The van der Waals surface area contributed by atoms with Crippen LogP contribution in [0.25, 0.3) is 21.3 Å². The molecule has 2 radical (unpaired) electrons. The fourth-order valence-electron chi connectivity index (χ4n) is 2.22. The molecule has 4 aliphatic rings. The van der Waals surface area contributed by atoms with Crippen molar-refractivity contribution in [3.63, 3.8) is 0 Å². The van der Waals surface area contributed by atoms with E-state index in [2.05, 4.69) is 42.2 Å². The van der Waals surface area contributed by atoms with Gasteiger partial charge in [0.2, 0.25) is 0 Å². The number of rotatable bonds is 0. The summed E-state index contributed by atoms with van der Waals surface area (Å²) in [7, 11) is -7.39. The van der Waals surface area contributed by atoms with E-state index in [4.69, 9.17) is 70.4 Å². The van der Waals surface area contributed by atoms with Crippen molar-refractivity contribution in [3.05, 3.63) is 33.5 Å². The van der Waals surface area contributed by atoms with Crippen LogP contribution < -0.4 is 66.8 Å². The number of nitrogens with one attached hydrogen (secondary N) is 3. The van der Waals surface area contributed by atoms with Crippen LogP contribution in [0.1, 0.15) is 19.3 Å². The molecule has 26 heteroatoms. The first-order valence-electron chi connectivity index (χ1n) is 11.8. The van der Waals surface area contributed by atoms with E-state index >= 15 is 0 Å². The average molecular weight is 789 g/mol. The Morgan fingerprint density at radius 2 is 0.932 bits per heavy atom. The Hall–Kier alpha value is 0.0290. The summed E-state index contributed by atoms with van der Waals surface area (Å²) in [5, 5.41) is 38.7. The summed E-state index contributed by atoms with van der Waals surface area (Å²) in [6, 6.07) is 0. The Labute approximate surface area is 282 Å². The molecule has 0 spiro atoms. The number of hydrogen-bond donors (Lipinski definition) is 11. The first-order chi connectivity index (χ1) is 19.6. The summed E-state index contributed by atoms with van der Waals surface area (Å²) in [4.78, 5) is 3.73. The second kappa shape index (κ2) is 39.2. The number of aliphatic hydroxyl groups is 2. The van der Waals surface area contributed by atoms with Gasteiger partial charge in [-0.1, -0.05) is 25.3 Å². The zero-order chi connectivity index (χ0) is 33.5. The molecule has 0 amide bonds. The fraction of sp³-hybridized carbons (Fsp3) is 0.833. The molecule has 4 aliphatic heterocycles. The molecule has 3 saturated heterocycles. The van der Waals surface area contributed by atoms with Gasteiger partial charge in [-0.15, -0.1) is 19.6 Å². The number of nitrogens with zero attached hydrogens (tertiary/aromatic N) is 5. The first kappa shape index (κ1) is 56.4. The maximum absolute atomic E-state index is 8.60. The Morgan fingerprint density at radius 1 is 0.659 bits per heavy atom. The summed E-state index contributed by atoms with van der Waals surface area (Å²) in [6.45, 7) is 5.83. The molecule has 3 fully saturated rings. The van der Waals surface area contributed by atoms with Crippen LogP contribution in [0.2, 0.25) is 0 Å². The third-order valence-corrected chi connectivity index (χ3v) is 3.69. The number of aliphatic hydroxyl groups excluding tert-OH is 2. The maximum Gasteiger partial charge on any atom is 2.00 e. The van der Waals surface area contributed by atoms with Gasteiger partial charge < -0.3 is 70.4 Å². The van der Waals surface area contributed by atoms with Gasteiger partial charge >= 0.3 is 34.1 Å². The molecule has 0 aromatic heterocycles. The van der Waals surface area contributed by atoms with E-state index in [0.29, 0.717) is 0 Å². The van der Waals surface area contributed by atoms with Crippen molar-refractivity contribution in [2.75, 3.05) is 53.5 Å². The average Bonchev–Trinajstić information content (AvgIpc) is 2.92. The predicted octanol–water partition coefficient (Wildman–Crippen LogP) is -10.0. The zero-order valence-electron chi connectivity index (χ0n) is 24.0. The van der Waals surface area contributed by atoms with Crippen molar-refractivity contribution < 1.29 is 102 Å². The van der Waals surface area contributed by atoms with Crippen molar-refractivity contribution in [2.24, 2.45) is 27.9 Å². The molecule has 274 valence electrons. The Balaban J connectivity index is -0.0000000959. The largest absolute Gasteiger partial charge is 2.00 e. The van der Waals surface area contributed by atoms with Crippen molar-refractivity contribution in [1.29, 1.82) is 0 Å². The second-order valence-corrected chi connectivity index (χ2v) is 8.55. The third-order valence-electron chi connectivity index (χ3n) is 3.69. The number of allylic oxidation sites excluding steroid dienone is 1. The van der Waals surface area contributed by atoms with E-state index in [1.165, 1.54) is 0 Å². The summed E-state index contributed by atoms with van der Waals surface area (Å²) < 4.78 is 65.4. The van der Waals surface area contributed by atoms with E-state index in [-0.39, 0.29) is 59.3 Å². The topological polar surface area (TPSA) is 428 Å². The first-order valence-corrected chi connectivity index (χ1v) is 14.4. The van der Waals surface area contributed by atoms with Crippen LogP contribution in [0.5, 0.6) is 0 Å². The Morgan fingerprint density at radius 3 is 1.02 bits per heavy atom. The van der Waals surface area contributed by atoms with Gasteiger partial charge in [0.25, 0.3) is 0 Å². The minimum absolute atomic E-state index is 0. The van der Waals surface area contributed by atoms with E-state index in [9.17, 15) is 0 Å². The number of halogens is 2. The number of hydrogen-bond acceptors (Lipinski definition) is 18. The fourth-order valence-corrected chi connectivity index (χ4v) is 2.22. The number of aliphatic imine (C=N–C) groups is 1. The van der Waals surface area contributed by atoms with Gasteiger partial charge in [0.1, 0.15) is 0 Å². The zero-order valence-corrected chi connectivity index (χ0v) is 27.4. The molecule has 0 aromatic carbocycles. The van der Waals surface area contributed by atoms with Crippen LogP contribution in [0.4, 0.5) is 0 Å². The molecule has 0 aliphatic carbocycles. The maximum atomic E-state index is 8.60. The van der Waals surface area contributed by atoms with Gasteiger partial charge in [0.15, 0.2) is 0 Å². The van der Waals surface area contributed by atoms with Crippen LogP contribution in [0.15, 0.2) is 17.3 Å². The molecular weight excluding hydrogens is 742 g/mol. The van der Waals surface area contributed by atoms with Crippen molar-refractivity contribution in [2.45, 2.75) is 44.4 Å². The normalized spacial score (nSPS) is 23.1. The van der Waals surface area contributed by atoms with E-state index in [0.717, 1.165) is 72.8 Å². The molecule has 0 bridgehead atoms. The molecule has 22 nitrogen and oxygen atoms in total. The van der Waals surface area contributed by atoms with Crippen LogP contribution >= 0.6 is 0 Å². The van der Waals surface area contributed by atoms with Crippen LogP contribution in [-0.2, 0) is 34.1 Å². The van der Waals surface area contributed by atoms with Crippen molar-refractivity contribution in [3.8, 4) is 0 Å². The smallest absolute Gasteiger partial charge is 0.658 e. The van der Waals surface area contributed by atoms with Gasteiger partial charge in [-0.05, 0) is 38.5 Å². The summed E-state index contributed by atoms with van der Waals surface area (Å²) >= 11 is 0. The molecule has 0 saturated carbocycles. The van der Waals surface area contributed by atoms with Crippen LogP contribution in [0, 0.1) is 20.5 Å².